The first-order valence-corrected chi connectivity index (χ1v) is 6.28. The number of nitrogens with zero attached hydrogens (tertiary/aromatic N) is 1. The molecule has 0 bridgehead atoms. The van der Waals surface area contributed by atoms with Gasteiger partial charge < -0.3 is 0 Å². The fraction of sp³-hybridized carbons (Fsp3) is 0.154. The van der Waals surface area contributed by atoms with Gasteiger partial charge in [-0.2, -0.15) is 0 Å². The van der Waals surface area contributed by atoms with Crippen LogP contribution in [0.3, 0.4) is 0 Å². The van der Waals surface area contributed by atoms with E-state index in [0.29, 0.717) is 5.15 Å². The highest BCUT2D eigenvalue weighted by molar-refractivity contribution is 9.10. The van der Waals surface area contributed by atoms with E-state index in [1.54, 1.807) is 0 Å². The zero-order valence-electron chi connectivity index (χ0n) is 8.87. The number of aryl methyl sites for hydroxylation is 1. The number of benzene rings is 1. The molecule has 3 heteroatoms. The van der Waals surface area contributed by atoms with E-state index in [4.69, 9.17) is 11.6 Å². The molecule has 0 N–H and O–H groups in total. The van der Waals surface area contributed by atoms with E-state index < -0.39 is 0 Å². The van der Waals surface area contributed by atoms with E-state index >= 15 is 0 Å². The smallest absolute Gasteiger partial charge is 0.129 e. The molecule has 1 aromatic heterocycles. The maximum Gasteiger partial charge on any atom is 0.129 e. The van der Waals surface area contributed by atoms with Crippen LogP contribution >= 0.6 is 27.5 Å². The first-order valence-electron chi connectivity index (χ1n) is 5.11. The lowest BCUT2D eigenvalue weighted by Gasteiger charge is -2.09. The third-order valence-corrected chi connectivity index (χ3v) is 3.40. The Kier molecular flexibility index (Phi) is 3.62. The zero-order valence-corrected chi connectivity index (χ0v) is 11.2. The van der Waals surface area contributed by atoms with Crippen molar-refractivity contribution >= 4 is 27.5 Å². The lowest BCUT2D eigenvalue weighted by molar-refractivity contribution is 1.11. The standard InChI is InChI=1S/C13H11BrClN/c1-2-9-8-16-13(15)7-11(9)10-5-3-4-6-12(10)14/h3-8H,2H2,1H3. The summed E-state index contributed by atoms with van der Waals surface area (Å²) in [6.07, 6.45) is 2.79. The topological polar surface area (TPSA) is 12.9 Å². The Balaban J connectivity index is 2.63. The second kappa shape index (κ2) is 4.98. The molecule has 1 heterocycles. The molecule has 0 spiro atoms. The van der Waals surface area contributed by atoms with Crippen molar-refractivity contribution in [1.82, 2.24) is 4.98 Å². The summed E-state index contributed by atoms with van der Waals surface area (Å²) in [7, 11) is 0. The maximum atomic E-state index is 5.95. The lowest BCUT2D eigenvalue weighted by atomic mass is 10.0. The van der Waals surface area contributed by atoms with Gasteiger partial charge in [0.25, 0.3) is 0 Å². The summed E-state index contributed by atoms with van der Waals surface area (Å²) in [4.78, 5) is 4.12. The molecule has 0 radical (unpaired) electrons. The van der Waals surface area contributed by atoms with Crippen molar-refractivity contribution in [2.45, 2.75) is 13.3 Å². The van der Waals surface area contributed by atoms with Gasteiger partial charge in [0.05, 0.1) is 0 Å². The third-order valence-electron chi connectivity index (χ3n) is 2.50. The maximum absolute atomic E-state index is 5.95. The number of pyridine rings is 1. The van der Waals surface area contributed by atoms with Crippen molar-refractivity contribution in [1.29, 1.82) is 0 Å². The van der Waals surface area contributed by atoms with Crippen LogP contribution in [0.4, 0.5) is 0 Å². The average molecular weight is 297 g/mol. The Bertz CT molecular complexity index is 511. The molecule has 0 aliphatic carbocycles. The van der Waals surface area contributed by atoms with Crippen LogP contribution < -0.4 is 0 Å². The number of hydrogen-bond acceptors (Lipinski definition) is 1. The molecule has 16 heavy (non-hydrogen) atoms. The van der Waals surface area contributed by atoms with Gasteiger partial charge in [0.2, 0.25) is 0 Å². The normalized spacial score (nSPS) is 10.4. The number of halogens is 2. The third kappa shape index (κ3) is 2.28. The van der Waals surface area contributed by atoms with Crippen molar-refractivity contribution in [2.75, 3.05) is 0 Å². The van der Waals surface area contributed by atoms with Crippen molar-refractivity contribution in [3.8, 4) is 11.1 Å². The van der Waals surface area contributed by atoms with E-state index in [1.807, 2.05) is 30.5 Å². The summed E-state index contributed by atoms with van der Waals surface area (Å²) in [5, 5.41) is 0.531. The second-order valence-corrected chi connectivity index (χ2v) is 4.74. The van der Waals surface area contributed by atoms with Crippen LogP contribution in [0.25, 0.3) is 11.1 Å². The monoisotopic (exact) mass is 295 g/mol. The summed E-state index contributed by atoms with van der Waals surface area (Å²) in [6.45, 7) is 2.12. The highest BCUT2D eigenvalue weighted by Gasteiger charge is 2.08. The Labute approximate surface area is 109 Å². The Hall–Kier alpha value is -0.860. The number of hydrogen-bond donors (Lipinski definition) is 0. The summed E-state index contributed by atoms with van der Waals surface area (Å²) in [5.74, 6) is 0. The molecule has 1 aromatic carbocycles. The van der Waals surface area contributed by atoms with Gasteiger partial charge in [-0.1, -0.05) is 52.7 Å². The minimum absolute atomic E-state index is 0.531. The Morgan fingerprint density at radius 2 is 2.00 bits per heavy atom. The van der Waals surface area contributed by atoms with Gasteiger partial charge >= 0.3 is 0 Å². The van der Waals surface area contributed by atoms with E-state index in [0.717, 1.165) is 22.0 Å². The molecule has 0 aliphatic rings. The highest BCUT2D eigenvalue weighted by atomic mass is 79.9. The molecule has 0 atom stereocenters. The van der Waals surface area contributed by atoms with Gasteiger partial charge in [0, 0.05) is 10.7 Å². The van der Waals surface area contributed by atoms with Crippen LogP contribution in [0.1, 0.15) is 12.5 Å². The number of aromatic nitrogens is 1. The molecular weight excluding hydrogens is 286 g/mol. The van der Waals surface area contributed by atoms with Gasteiger partial charge in [-0.3, -0.25) is 0 Å². The van der Waals surface area contributed by atoms with Crippen molar-refractivity contribution in [2.24, 2.45) is 0 Å². The summed E-state index contributed by atoms with van der Waals surface area (Å²) < 4.78 is 1.08. The van der Waals surface area contributed by atoms with Crippen LogP contribution in [-0.4, -0.2) is 4.98 Å². The van der Waals surface area contributed by atoms with Gasteiger partial charge in [0.1, 0.15) is 5.15 Å². The fourth-order valence-corrected chi connectivity index (χ4v) is 2.33. The largest absolute Gasteiger partial charge is 0.244 e. The first kappa shape index (κ1) is 11.6. The Morgan fingerprint density at radius 1 is 1.25 bits per heavy atom. The molecule has 1 nitrogen and oxygen atoms in total. The van der Waals surface area contributed by atoms with E-state index in [1.165, 1.54) is 5.56 Å². The number of rotatable bonds is 2. The van der Waals surface area contributed by atoms with Crippen LogP contribution in [0.15, 0.2) is 41.0 Å². The molecule has 0 saturated carbocycles. The van der Waals surface area contributed by atoms with E-state index in [9.17, 15) is 0 Å². The first-order chi connectivity index (χ1) is 7.72. The molecule has 0 unspecified atom stereocenters. The Morgan fingerprint density at radius 3 is 2.69 bits per heavy atom. The van der Waals surface area contributed by atoms with Crippen LogP contribution in [0, 0.1) is 0 Å². The van der Waals surface area contributed by atoms with Crippen LogP contribution in [0.2, 0.25) is 5.15 Å². The van der Waals surface area contributed by atoms with E-state index in [2.05, 4.69) is 33.9 Å². The average Bonchev–Trinajstić information content (AvgIpc) is 2.29. The molecule has 0 saturated heterocycles. The predicted octanol–water partition coefficient (Wildman–Crippen LogP) is 4.73. The minimum atomic E-state index is 0.531. The van der Waals surface area contributed by atoms with Crippen molar-refractivity contribution in [3.63, 3.8) is 0 Å². The van der Waals surface area contributed by atoms with Crippen LogP contribution in [0.5, 0.6) is 0 Å². The van der Waals surface area contributed by atoms with Crippen molar-refractivity contribution in [3.05, 3.63) is 51.7 Å². The summed E-state index contributed by atoms with van der Waals surface area (Å²) in [5.41, 5.74) is 3.51. The van der Waals surface area contributed by atoms with Gasteiger partial charge in [0.15, 0.2) is 0 Å². The van der Waals surface area contributed by atoms with Gasteiger partial charge in [-0.05, 0) is 35.2 Å². The highest BCUT2D eigenvalue weighted by Crippen LogP contribution is 2.31. The molecule has 2 rings (SSSR count). The van der Waals surface area contributed by atoms with Gasteiger partial charge in [-0.15, -0.1) is 0 Å². The molecule has 82 valence electrons. The minimum Gasteiger partial charge on any atom is -0.244 e. The van der Waals surface area contributed by atoms with Crippen LogP contribution in [-0.2, 0) is 6.42 Å². The fourth-order valence-electron chi connectivity index (χ4n) is 1.67. The zero-order chi connectivity index (χ0) is 11.5. The molecular formula is C13H11BrClN. The van der Waals surface area contributed by atoms with Crippen molar-refractivity contribution < 1.29 is 0 Å². The lowest BCUT2D eigenvalue weighted by Crippen LogP contribution is -1.90. The molecule has 0 aliphatic heterocycles. The summed E-state index contributed by atoms with van der Waals surface area (Å²) >= 11 is 9.51. The predicted molar refractivity (Wildman–Crippen MR) is 71.8 cm³/mol. The quantitative estimate of drug-likeness (QED) is 0.730. The molecule has 0 amide bonds. The SMILES string of the molecule is CCc1cnc(Cl)cc1-c1ccccc1Br. The molecule has 2 aromatic rings. The second-order valence-electron chi connectivity index (χ2n) is 3.50. The van der Waals surface area contributed by atoms with E-state index in [-0.39, 0.29) is 0 Å². The molecule has 0 fully saturated rings. The van der Waals surface area contributed by atoms with Gasteiger partial charge in [-0.25, -0.2) is 4.98 Å². The summed E-state index contributed by atoms with van der Waals surface area (Å²) in [6, 6.07) is 10.0.